The summed E-state index contributed by atoms with van der Waals surface area (Å²) in [5.41, 5.74) is 2.78. The average Bonchev–Trinajstić information content (AvgIpc) is 2.81. The molecule has 1 aliphatic rings. The monoisotopic (exact) mass is 422 g/mol. The minimum Gasteiger partial charge on any atom is -0.381 e. The third-order valence-electron chi connectivity index (χ3n) is 6.36. The number of rotatable bonds is 9. The number of benzene rings is 2. The van der Waals surface area contributed by atoms with Gasteiger partial charge in [0.25, 0.3) is 0 Å². The highest BCUT2D eigenvalue weighted by atomic mass is 16.5. The Kier molecular flexibility index (Phi) is 8.92. The molecule has 1 heterocycles. The topological polar surface area (TPSA) is 48.9 Å². The van der Waals surface area contributed by atoms with Crippen molar-refractivity contribution in [3.8, 4) is 0 Å². The van der Waals surface area contributed by atoms with Gasteiger partial charge in [-0.1, -0.05) is 60.7 Å². The zero-order valence-corrected chi connectivity index (χ0v) is 19.3. The Balaban J connectivity index is 1.71. The van der Waals surface area contributed by atoms with Crippen molar-refractivity contribution >= 4 is 5.96 Å². The maximum Gasteiger partial charge on any atom is 0.191 e. The van der Waals surface area contributed by atoms with Crippen molar-refractivity contribution in [3.63, 3.8) is 0 Å². The Morgan fingerprint density at radius 2 is 1.65 bits per heavy atom. The molecule has 1 saturated heterocycles. The Bertz CT molecular complexity index is 786. The molecule has 0 radical (unpaired) electrons. The molecule has 0 aliphatic carbocycles. The lowest BCUT2D eigenvalue weighted by Gasteiger charge is -2.41. The number of guanidine groups is 1. The summed E-state index contributed by atoms with van der Waals surface area (Å²) in [6, 6.07) is 21.5. The SMILES string of the molecule is CCNC(=NCC1(N(C)C)CCOCC1)NCC(Cc1ccccc1)c1ccccc1. The second-order valence-corrected chi connectivity index (χ2v) is 8.60. The van der Waals surface area contributed by atoms with Crippen LogP contribution in [0.15, 0.2) is 65.7 Å². The fourth-order valence-electron chi connectivity index (χ4n) is 4.22. The molecule has 0 amide bonds. The molecule has 2 N–H and O–H groups in total. The van der Waals surface area contributed by atoms with Gasteiger partial charge in [0.1, 0.15) is 0 Å². The quantitative estimate of drug-likeness (QED) is 0.478. The van der Waals surface area contributed by atoms with Crippen LogP contribution in [0.1, 0.15) is 36.8 Å². The van der Waals surface area contributed by atoms with Crippen molar-refractivity contribution in [2.24, 2.45) is 4.99 Å². The molecular weight excluding hydrogens is 384 g/mol. The molecule has 0 spiro atoms. The third kappa shape index (κ3) is 6.81. The maximum atomic E-state index is 5.61. The Morgan fingerprint density at radius 1 is 1.00 bits per heavy atom. The highest BCUT2D eigenvalue weighted by Gasteiger charge is 2.34. The zero-order valence-electron chi connectivity index (χ0n) is 19.3. The molecule has 5 heteroatoms. The minimum atomic E-state index is 0.0729. The average molecular weight is 423 g/mol. The van der Waals surface area contributed by atoms with Crippen LogP contribution in [-0.2, 0) is 11.2 Å². The van der Waals surface area contributed by atoms with Crippen LogP contribution in [-0.4, -0.2) is 63.3 Å². The smallest absolute Gasteiger partial charge is 0.191 e. The molecule has 0 saturated carbocycles. The first-order chi connectivity index (χ1) is 15.1. The van der Waals surface area contributed by atoms with Crippen molar-refractivity contribution in [2.75, 3.05) is 46.9 Å². The van der Waals surface area contributed by atoms with E-state index in [2.05, 4.69) is 97.2 Å². The summed E-state index contributed by atoms with van der Waals surface area (Å²) < 4.78 is 5.61. The largest absolute Gasteiger partial charge is 0.381 e. The van der Waals surface area contributed by atoms with Gasteiger partial charge in [-0.25, -0.2) is 0 Å². The van der Waals surface area contributed by atoms with E-state index in [1.807, 2.05) is 0 Å². The predicted molar refractivity (Wildman–Crippen MR) is 130 cm³/mol. The first-order valence-corrected chi connectivity index (χ1v) is 11.5. The molecule has 168 valence electrons. The van der Waals surface area contributed by atoms with E-state index in [4.69, 9.17) is 9.73 Å². The highest BCUT2D eigenvalue weighted by Crippen LogP contribution is 2.26. The van der Waals surface area contributed by atoms with Crippen LogP contribution in [0.4, 0.5) is 0 Å². The summed E-state index contributed by atoms with van der Waals surface area (Å²) in [5, 5.41) is 7.06. The molecule has 3 rings (SSSR count). The predicted octanol–water partition coefficient (Wildman–Crippen LogP) is 3.68. The fourth-order valence-corrected chi connectivity index (χ4v) is 4.22. The molecule has 31 heavy (non-hydrogen) atoms. The second kappa shape index (κ2) is 11.9. The van der Waals surface area contributed by atoms with E-state index >= 15 is 0 Å². The first kappa shape index (κ1) is 23.3. The molecule has 1 aliphatic heterocycles. The Morgan fingerprint density at radius 3 is 2.26 bits per heavy atom. The van der Waals surface area contributed by atoms with Crippen molar-refractivity contribution in [2.45, 2.75) is 37.6 Å². The van der Waals surface area contributed by atoms with Crippen molar-refractivity contribution in [3.05, 3.63) is 71.8 Å². The summed E-state index contributed by atoms with van der Waals surface area (Å²) in [7, 11) is 4.32. The molecule has 0 aromatic heterocycles. The lowest BCUT2D eigenvalue weighted by atomic mass is 9.89. The summed E-state index contributed by atoms with van der Waals surface area (Å²) in [6.07, 6.45) is 3.03. The number of nitrogens with one attached hydrogen (secondary N) is 2. The van der Waals surface area contributed by atoms with E-state index in [0.717, 1.165) is 58.1 Å². The summed E-state index contributed by atoms with van der Waals surface area (Å²) in [5.74, 6) is 1.27. The molecule has 0 bridgehead atoms. The van der Waals surface area contributed by atoms with E-state index in [1.54, 1.807) is 0 Å². The van der Waals surface area contributed by atoms with Crippen LogP contribution >= 0.6 is 0 Å². The number of nitrogens with zero attached hydrogens (tertiary/aromatic N) is 2. The van der Waals surface area contributed by atoms with Gasteiger partial charge in [-0.05, 0) is 51.4 Å². The van der Waals surface area contributed by atoms with Crippen molar-refractivity contribution < 1.29 is 4.74 Å². The molecule has 1 atom stereocenters. The first-order valence-electron chi connectivity index (χ1n) is 11.5. The molecular formula is C26H38N4O. The van der Waals surface area contributed by atoms with Crippen molar-refractivity contribution in [1.82, 2.24) is 15.5 Å². The molecule has 2 aromatic carbocycles. The number of hydrogen-bond donors (Lipinski definition) is 2. The molecule has 2 aromatic rings. The van der Waals surface area contributed by atoms with E-state index in [0.29, 0.717) is 5.92 Å². The summed E-state index contributed by atoms with van der Waals surface area (Å²) in [6.45, 7) is 6.19. The van der Waals surface area contributed by atoms with Crippen LogP contribution in [0.25, 0.3) is 0 Å². The molecule has 5 nitrogen and oxygen atoms in total. The van der Waals surface area contributed by atoms with Crippen molar-refractivity contribution in [1.29, 1.82) is 0 Å². The minimum absolute atomic E-state index is 0.0729. The Hall–Kier alpha value is -2.37. The van der Waals surface area contributed by atoms with E-state index < -0.39 is 0 Å². The van der Waals surface area contributed by atoms with Gasteiger partial charge in [-0.3, -0.25) is 4.99 Å². The van der Waals surface area contributed by atoms with Crippen LogP contribution in [0.2, 0.25) is 0 Å². The van der Waals surface area contributed by atoms with Gasteiger partial charge >= 0.3 is 0 Å². The highest BCUT2D eigenvalue weighted by molar-refractivity contribution is 5.79. The van der Waals surface area contributed by atoms with Gasteiger partial charge in [-0.15, -0.1) is 0 Å². The van der Waals surface area contributed by atoms with Gasteiger partial charge in [0.15, 0.2) is 5.96 Å². The standard InChI is InChI=1S/C26H38N4O/c1-4-27-25(29-21-26(30(2)3)15-17-31-18-16-26)28-20-24(23-13-9-6-10-14-23)19-22-11-7-5-8-12-22/h5-14,24H,4,15-21H2,1-3H3,(H2,27,28,29). The van der Waals surface area contributed by atoms with Crippen LogP contribution in [0.5, 0.6) is 0 Å². The lowest BCUT2D eigenvalue weighted by molar-refractivity contribution is -0.00254. The Labute approximate surface area is 187 Å². The van der Waals surface area contributed by atoms with E-state index in [1.165, 1.54) is 11.1 Å². The molecule has 1 fully saturated rings. The van der Waals surface area contributed by atoms with Gasteiger partial charge in [0.05, 0.1) is 6.54 Å². The number of ether oxygens (including phenoxy) is 1. The van der Waals surface area contributed by atoms with Gasteiger partial charge in [0.2, 0.25) is 0 Å². The fraction of sp³-hybridized carbons (Fsp3) is 0.500. The van der Waals surface area contributed by atoms with Gasteiger partial charge < -0.3 is 20.3 Å². The summed E-state index contributed by atoms with van der Waals surface area (Å²) in [4.78, 5) is 7.32. The summed E-state index contributed by atoms with van der Waals surface area (Å²) >= 11 is 0. The van der Waals surface area contributed by atoms with Gasteiger partial charge in [0, 0.05) is 37.8 Å². The van der Waals surface area contributed by atoms with E-state index in [9.17, 15) is 0 Å². The third-order valence-corrected chi connectivity index (χ3v) is 6.36. The second-order valence-electron chi connectivity index (χ2n) is 8.60. The van der Waals surface area contributed by atoms with Crippen LogP contribution in [0.3, 0.4) is 0 Å². The number of likely N-dealkylation sites (N-methyl/N-ethyl adjacent to an activating group) is 1. The van der Waals surface area contributed by atoms with Crippen LogP contribution < -0.4 is 10.6 Å². The zero-order chi connectivity index (χ0) is 21.9. The number of aliphatic imine (C=N–C) groups is 1. The van der Waals surface area contributed by atoms with Gasteiger partial charge in [-0.2, -0.15) is 0 Å². The number of hydrogen-bond acceptors (Lipinski definition) is 3. The van der Waals surface area contributed by atoms with Crippen LogP contribution in [0, 0.1) is 0 Å². The molecule has 1 unspecified atom stereocenters. The maximum absolute atomic E-state index is 5.61. The normalized spacial score (nSPS) is 17.4. The van der Waals surface area contributed by atoms with E-state index in [-0.39, 0.29) is 5.54 Å². The lowest BCUT2D eigenvalue weighted by Crippen LogP contribution is -2.52.